The minimum Gasteiger partial charge on any atom is -0.298 e. The van der Waals surface area contributed by atoms with Crippen LogP contribution in [0.3, 0.4) is 0 Å². The number of carbonyl (C=O) groups excluding carboxylic acids is 2. The second-order valence-electron chi connectivity index (χ2n) is 2.61. The zero-order valence-electron chi connectivity index (χ0n) is 6.75. The lowest BCUT2D eigenvalue weighted by Crippen LogP contribution is -2.03. The van der Waals surface area contributed by atoms with Gasteiger partial charge >= 0.3 is 0 Å². The van der Waals surface area contributed by atoms with Crippen molar-refractivity contribution < 1.29 is 9.59 Å². The van der Waals surface area contributed by atoms with E-state index in [0.717, 1.165) is 11.9 Å². The molecule has 62 valence electrons. The first-order valence-electron chi connectivity index (χ1n) is 3.78. The Kier molecular flexibility index (Phi) is 2.75. The Balaban J connectivity index is 2.89. The summed E-state index contributed by atoms with van der Waals surface area (Å²) in [6.45, 7) is 3.55. The van der Waals surface area contributed by atoms with Crippen LogP contribution in [0.15, 0.2) is 36.0 Å². The second kappa shape index (κ2) is 3.81. The van der Waals surface area contributed by atoms with Crippen LogP contribution in [0.4, 0.5) is 0 Å². The molecule has 0 aliphatic heterocycles. The lowest BCUT2D eigenvalue weighted by molar-refractivity contribution is -0.114. The minimum absolute atomic E-state index is 0.0532. The van der Waals surface area contributed by atoms with Crippen molar-refractivity contribution in [3.63, 3.8) is 0 Å². The molecule has 0 aromatic heterocycles. The molecule has 1 aliphatic carbocycles. The van der Waals surface area contributed by atoms with Crippen molar-refractivity contribution in [2.24, 2.45) is 0 Å². The Bertz CT molecular complexity index is 282. The predicted octanol–water partition coefficient (Wildman–Crippen LogP) is 1.59. The summed E-state index contributed by atoms with van der Waals surface area (Å²) < 4.78 is 0. The van der Waals surface area contributed by atoms with Crippen LogP contribution in [0.2, 0.25) is 0 Å². The molecule has 0 radical (unpaired) electrons. The molecule has 0 unspecified atom stereocenters. The average Bonchev–Trinajstić information content (AvgIpc) is 2.05. The first-order valence-corrected chi connectivity index (χ1v) is 3.78. The van der Waals surface area contributed by atoms with E-state index >= 15 is 0 Å². The highest BCUT2D eigenvalue weighted by Gasteiger charge is 2.10. The molecule has 0 saturated carbocycles. The Morgan fingerprint density at radius 1 is 1.58 bits per heavy atom. The Morgan fingerprint density at radius 3 is 2.92 bits per heavy atom. The van der Waals surface area contributed by atoms with Gasteiger partial charge in [0.25, 0.3) is 0 Å². The van der Waals surface area contributed by atoms with Gasteiger partial charge in [-0.05, 0) is 18.1 Å². The zero-order valence-corrected chi connectivity index (χ0v) is 6.75. The van der Waals surface area contributed by atoms with Crippen LogP contribution in [0.5, 0.6) is 0 Å². The highest BCUT2D eigenvalue weighted by molar-refractivity contribution is 5.98. The van der Waals surface area contributed by atoms with E-state index in [2.05, 4.69) is 6.58 Å². The smallest absolute Gasteiger partial charge is 0.159 e. The van der Waals surface area contributed by atoms with Crippen molar-refractivity contribution in [3.05, 3.63) is 36.0 Å². The fourth-order valence-electron chi connectivity index (χ4n) is 1.13. The van der Waals surface area contributed by atoms with Gasteiger partial charge in [-0.25, -0.2) is 0 Å². The minimum atomic E-state index is 0.0532. The molecule has 0 N–H and O–H groups in total. The molecular formula is C10H10O2. The molecule has 0 fully saturated rings. The van der Waals surface area contributed by atoms with E-state index in [4.69, 9.17) is 0 Å². The lowest BCUT2D eigenvalue weighted by atomic mass is 9.96. The molecule has 0 heterocycles. The van der Waals surface area contributed by atoms with Crippen LogP contribution in [-0.4, -0.2) is 12.1 Å². The molecule has 12 heavy (non-hydrogen) atoms. The molecule has 0 spiro atoms. The third-order valence-corrected chi connectivity index (χ3v) is 1.72. The van der Waals surface area contributed by atoms with Gasteiger partial charge in [-0.2, -0.15) is 0 Å². The maximum atomic E-state index is 10.9. The van der Waals surface area contributed by atoms with Crippen LogP contribution in [-0.2, 0) is 9.59 Å². The lowest BCUT2D eigenvalue weighted by Gasteiger charge is -2.07. The summed E-state index contributed by atoms with van der Waals surface area (Å²) in [7, 11) is 0. The Labute approximate surface area is 71.3 Å². The molecule has 2 heteroatoms. The maximum Gasteiger partial charge on any atom is 0.159 e. The topological polar surface area (TPSA) is 34.1 Å². The van der Waals surface area contributed by atoms with Gasteiger partial charge in [0, 0.05) is 12.0 Å². The third kappa shape index (κ3) is 1.78. The van der Waals surface area contributed by atoms with Crippen LogP contribution in [0.1, 0.15) is 12.8 Å². The van der Waals surface area contributed by atoms with Gasteiger partial charge in [-0.1, -0.05) is 12.2 Å². The van der Waals surface area contributed by atoms with Crippen LogP contribution < -0.4 is 0 Å². The molecule has 0 amide bonds. The number of allylic oxidation sites excluding steroid dienone is 5. The summed E-state index contributed by atoms with van der Waals surface area (Å²) in [6, 6.07) is 0. The molecule has 0 aromatic carbocycles. The monoisotopic (exact) mass is 162 g/mol. The zero-order chi connectivity index (χ0) is 8.97. The summed E-state index contributed by atoms with van der Waals surface area (Å²) in [6.07, 6.45) is 6.56. The van der Waals surface area contributed by atoms with Crippen molar-refractivity contribution in [2.75, 3.05) is 0 Å². The van der Waals surface area contributed by atoms with Crippen molar-refractivity contribution in [1.82, 2.24) is 0 Å². The molecule has 0 atom stereocenters. The molecule has 2 nitrogen and oxygen atoms in total. The first kappa shape index (κ1) is 8.65. The van der Waals surface area contributed by atoms with E-state index in [1.54, 1.807) is 12.2 Å². The number of aldehydes is 1. The van der Waals surface area contributed by atoms with Crippen LogP contribution >= 0.6 is 0 Å². The quantitative estimate of drug-likeness (QED) is 0.466. The van der Waals surface area contributed by atoms with Crippen molar-refractivity contribution in [2.45, 2.75) is 12.8 Å². The predicted molar refractivity (Wildman–Crippen MR) is 46.7 cm³/mol. The highest BCUT2D eigenvalue weighted by atomic mass is 16.1. The molecule has 0 saturated heterocycles. The number of ketones is 1. The van der Waals surface area contributed by atoms with Crippen molar-refractivity contribution in [3.8, 4) is 0 Å². The Hall–Kier alpha value is -1.44. The van der Waals surface area contributed by atoms with Gasteiger partial charge in [0.2, 0.25) is 0 Å². The van der Waals surface area contributed by atoms with E-state index < -0.39 is 0 Å². The Morgan fingerprint density at radius 2 is 2.33 bits per heavy atom. The third-order valence-electron chi connectivity index (χ3n) is 1.72. The van der Waals surface area contributed by atoms with E-state index in [9.17, 15) is 9.59 Å². The second-order valence-corrected chi connectivity index (χ2v) is 2.61. The van der Waals surface area contributed by atoms with Gasteiger partial charge in [0.1, 0.15) is 6.29 Å². The fourth-order valence-corrected chi connectivity index (χ4v) is 1.13. The van der Waals surface area contributed by atoms with Gasteiger partial charge in [0.15, 0.2) is 5.78 Å². The average molecular weight is 162 g/mol. The van der Waals surface area contributed by atoms with Gasteiger partial charge in [0.05, 0.1) is 0 Å². The fraction of sp³-hybridized carbons (Fsp3) is 0.200. The number of rotatable bonds is 3. The number of hydrogen-bond donors (Lipinski definition) is 0. The highest BCUT2D eigenvalue weighted by Crippen LogP contribution is 2.18. The van der Waals surface area contributed by atoms with Crippen molar-refractivity contribution in [1.29, 1.82) is 0 Å². The van der Waals surface area contributed by atoms with Crippen LogP contribution in [0.25, 0.3) is 0 Å². The van der Waals surface area contributed by atoms with E-state index in [-0.39, 0.29) is 5.78 Å². The van der Waals surface area contributed by atoms with Gasteiger partial charge in [-0.15, -0.1) is 6.58 Å². The van der Waals surface area contributed by atoms with E-state index in [1.807, 2.05) is 0 Å². The summed E-state index contributed by atoms with van der Waals surface area (Å²) in [4.78, 5) is 21.4. The SMILES string of the molecule is C=CCC1=CC(=O)CC=C1C=O. The summed E-state index contributed by atoms with van der Waals surface area (Å²) in [5.74, 6) is 0.0532. The summed E-state index contributed by atoms with van der Waals surface area (Å²) in [5.41, 5.74) is 1.39. The van der Waals surface area contributed by atoms with Gasteiger partial charge in [-0.3, -0.25) is 9.59 Å². The van der Waals surface area contributed by atoms with E-state index in [1.165, 1.54) is 6.08 Å². The number of carbonyl (C=O) groups is 2. The summed E-state index contributed by atoms with van der Waals surface area (Å²) in [5, 5.41) is 0. The maximum absolute atomic E-state index is 10.9. The largest absolute Gasteiger partial charge is 0.298 e. The molecule has 1 rings (SSSR count). The van der Waals surface area contributed by atoms with Crippen molar-refractivity contribution >= 4 is 12.1 Å². The first-order chi connectivity index (χ1) is 5.77. The normalized spacial score (nSPS) is 16.5. The van der Waals surface area contributed by atoms with E-state index in [0.29, 0.717) is 18.4 Å². The molecular weight excluding hydrogens is 152 g/mol. The molecule has 0 bridgehead atoms. The molecule has 1 aliphatic rings. The number of hydrogen-bond acceptors (Lipinski definition) is 2. The summed E-state index contributed by atoms with van der Waals surface area (Å²) >= 11 is 0. The standard InChI is InChI=1S/C10H10O2/c1-2-3-8-6-10(12)5-4-9(8)7-11/h2,4,6-7H,1,3,5H2. The van der Waals surface area contributed by atoms with Crippen LogP contribution in [0, 0.1) is 0 Å². The molecule has 0 aromatic rings. The van der Waals surface area contributed by atoms with Gasteiger partial charge < -0.3 is 0 Å².